The van der Waals surface area contributed by atoms with E-state index < -0.39 is 0 Å². The highest BCUT2D eigenvalue weighted by Gasteiger charge is 2.20. The molecule has 1 atom stereocenters. The first-order chi connectivity index (χ1) is 10.6. The molecule has 1 aliphatic heterocycles. The fraction of sp³-hybridized carbons (Fsp3) is 0.643. The van der Waals surface area contributed by atoms with Gasteiger partial charge in [0.15, 0.2) is 0 Å². The van der Waals surface area contributed by atoms with E-state index in [0.29, 0.717) is 22.7 Å². The third kappa shape index (κ3) is 6.13. The van der Waals surface area contributed by atoms with E-state index in [9.17, 15) is 5.11 Å². The molecule has 1 aliphatic rings. The van der Waals surface area contributed by atoms with Crippen LogP contribution in [0.4, 0.5) is 5.82 Å². The summed E-state index contributed by atoms with van der Waals surface area (Å²) in [7, 11) is 0. The van der Waals surface area contributed by atoms with Gasteiger partial charge < -0.3 is 15.5 Å². The summed E-state index contributed by atoms with van der Waals surface area (Å²) in [4.78, 5) is 19.0. The molecule has 0 aromatic carbocycles. The van der Waals surface area contributed by atoms with E-state index in [1.54, 1.807) is 6.20 Å². The minimum atomic E-state index is -0.250. The van der Waals surface area contributed by atoms with E-state index in [0.717, 1.165) is 26.1 Å². The molecule has 2 rings (SSSR count). The molecular weight excluding hydrogens is 308 g/mol. The minimum Gasteiger partial charge on any atom is -0.483 e. The average Bonchev–Trinajstić information content (AvgIpc) is 2.52. The van der Waals surface area contributed by atoms with Gasteiger partial charge in [-0.25, -0.2) is 9.97 Å². The van der Waals surface area contributed by atoms with Crippen molar-refractivity contribution >= 4 is 23.9 Å². The van der Waals surface area contributed by atoms with E-state index in [1.807, 2.05) is 6.92 Å². The lowest BCUT2D eigenvalue weighted by Gasteiger charge is -2.34. The Kier molecular flexibility index (Phi) is 8.72. The van der Waals surface area contributed by atoms with Crippen LogP contribution >= 0.6 is 11.6 Å². The Morgan fingerprint density at radius 2 is 2.27 bits per heavy atom. The van der Waals surface area contributed by atoms with Crippen LogP contribution in [0.1, 0.15) is 25.1 Å². The summed E-state index contributed by atoms with van der Waals surface area (Å²) in [6.07, 6.45) is 5.13. The van der Waals surface area contributed by atoms with Crippen molar-refractivity contribution in [1.29, 1.82) is 0 Å². The fourth-order valence-electron chi connectivity index (χ4n) is 2.46. The number of nitrogens with zero attached hydrogens (tertiary/aromatic N) is 3. The lowest BCUT2D eigenvalue weighted by molar-refractivity contribution is -0.122. The number of aryl methyl sites for hydroxylation is 1. The summed E-state index contributed by atoms with van der Waals surface area (Å²) < 4.78 is 0. The van der Waals surface area contributed by atoms with Gasteiger partial charge in [0.05, 0.1) is 12.8 Å². The van der Waals surface area contributed by atoms with E-state index >= 15 is 0 Å². The van der Waals surface area contributed by atoms with Crippen molar-refractivity contribution in [1.82, 2.24) is 14.9 Å². The van der Waals surface area contributed by atoms with E-state index in [4.69, 9.17) is 21.5 Å². The van der Waals surface area contributed by atoms with E-state index in [2.05, 4.69) is 20.2 Å². The Morgan fingerprint density at radius 1 is 1.55 bits per heavy atom. The number of anilines is 1. The molecule has 0 saturated carbocycles. The Morgan fingerprint density at radius 3 is 2.95 bits per heavy atom. The summed E-state index contributed by atoms with van der Waals surface area (Å²) in [6.45, 7) is 4.56. The molecule has 8 heteroatoms. The van der Waals surface area contributed by atoms with Gasteiger partial charge in [0.25, 0.3) is 6.47 Å². The molecule has 3 N–H and O–H groups in total. The maximum absolute atomic E-state index is 9.35. The van der Waals surface area contributed by atoms with Gasteiger partial charge in [-0.2, -0.15) is 0 Å². The fourth-order valence-corrected chi connectivity index (χ4v) is 2.62. The van der Waals surface area contributed by atoms with Crippen LogP contribution in [0.3, 0.4) is 0 Å². The number of hydrogen-bond donors (Lipinski definition) is 3. The van der Waals surface area contributed by atoms with Crippen LogP contribution in [0.25, 0.3) is 0 Å². The van der Waals surface area contributed by atoms with Gasteiger partial charge in [0.2, 0.25) is 0 Å². The maximum Gasteiger partial charge on any atom is 0.290 e. The molecular formula is C14H23ClN4O3. The second-order valence-electron chi connectivity index (χ2n) is 5.01. The number of likely N-dealkylation sites (tertiary alicyclic amines) is 1. The van der Waals surface area contributed by atoms with Crippen molar-refractivity contribution < 1.29 is 15.0 Å². The number of aliphatic hydroxyl groups is 1. The predicted molar refractivity (Wildman–Crippen MR) is 85.3 cm³/mol. The SMILES string of the molecule is Cc1ncc(Cl)c(NCCN2CCCCC2CO)n1.O=CO. The number of rotatable bonds is 5. The maximum atomic E-state index is 9.35. The smallest absolute Gasteiger partial charge is 0.290 e. The number of halogens is 1. The average molecular weight is 331 g/mol. The zero-order valence-corrected chi connectivity index (χ0v) is 13.5. The molecule has 124 valence electrons. The normalized spacial score (nSPS) is 18.2. The van der Waals surface area contributed by atoms with Crippen LogP contribution < -0.4 is 5.32 Å². The third-order valence-electron chi connectivity index (χ3n) is 3.52. The Balaban J connectivity index is 0.000000745. The Hall–Kier alpha value is -1.44. The molecule has 1 aromatic heterocycles. The summed E-state index contributed by atoms with van der Waals surface area (Å²) in [5.74, 6) is 1.39. The quantitative estimate of drug-likeness (QED) is 0.702. The number of aromatic nitrogens is 2. The van der Waals surface area contributed by atoms with Crippen LogP contribution in [0.15, 0.2) is 6.20 Å². The number of piperidine rings is 1. The Labute approximate surface area is 135 Å². The predicted octanol–water partition coefficient (Wildman–Crippen LogP) is 1.40. The summed E-state index contributed by atoms with van der Waals surface area (Å²) >= 11 is 6.03. The van der Waals surface area contributed by atoms with Crippen LogP contribution in [-0.2, 0) is 4.79 Å². The van der Waals surface area contributed by atoms with E-state index in [-0.39, 0.29) is 13.1 Å². The summed E-state index contributed by atoms with van der Waals surface area (Å²) in [5.41, 5.74) is 0. The molecule has 1 fully saturated rings. The van der Waals surface area contributed by atoms with Gasteiger partial charge in [-0.15, -0.1) is 0 Å². The molecule has 7 nitrogen and oxygen atoms in total. The second-order valence-corrected chi connectivity index (χ2v) is 5.42. The molecule has 2 heterocycles. The van der Waals surface area contributed by atoms with Crippen LogP contribution in [-0.4, -0.2) is 63.8 Å². The molecule has 1 saturated heterocycles. The summed E-state index contributed by atoms with van der Waals surface area (Å²) in [5, 5.41) is 20.0. The first-order valence-electron chi connectivity index (χ1n) is 7.28. The van der Waals surface area contributed by atoms with Gasteiger partial charge >= 0.3 is 0 Å². The number of aliphatic hydroxyl groups excluding tert-OH is 1. The van der Waals surface area contributed by atoms with Gasteiger partial charge in [-0.1, -0.05) is 18.0 Å². The number of carbonyl (C=O) groups is 1. The molecule has 0 bridgehead atoms. The highest BCUT2D eigenvalue weighted by molar-refractivity contribution is 6.32. The van der Waals surface area contributed by atoms with Crippen molar-refractivity contribution in [3.05, 3.63) is 17.0 Å². The van der Waals surface area contributed by atoms with Gasteiger partial charge in [0, 0.05) is 19.1 Å². The molecule has 1 aromatic rings. The monoisotopic (exact) mass is 330 g/mol. The first-order valence-corrected chi connectivity index (χ1v) is 7.66. The summed E-state index contributed by atoms with van der Waals surface area (Å²) in [6, 6.07) is 0.304. The molecule has 0 aliphatic carbocycles. The molecule has 0 radical (unpaired) electrons. The Bertz CT molecular complexity index is 462. The molecule has 22 heavy (non-hydrogen) atoms. The topological polar surface area (TPSA) is 98.6 Å². The molecule has 0 amide bonds. The minimum absolute atomic E-state index is 0.243. The van der Waals surface area contributed by atoms with Gasteiger partial charge in [-0.3, -0.25) is 9.69 Å². The second kappa shape index (κ2) is 10.3. The van der Waals surface area contributed by atoms with Crippen molar-refractivity contribution in [2.75, 3.05) is 31.6 Å². The van der Waals surface area contributed by atoms with Crippen LogP contribution in [0, 0.1) is 6.92 Å². The standard InChI is InChI=1S/C13H21ClN4O.CH2O2/c1-10-16-8-12(14)13(17-10)15-5-7-18-6-3-2-4-11(18)9-19;2-1-3/h8,11,19H,2-7,9H2,1H3,(H,15,16,17);1H,(H,2,3). The first kappa shape index (κ1) is 18.6. The van der Waals surface area contributed by atoms with Crippen LogP contribution in [0.5, 0.6) is 0 Å². The number of hydrogen-bond acceptors (Lipinski definition) is 6. The lowest BCUT2D eigenvalue weighted by atomic mass is 10.0. The van der Waals surface area contributed by atoms with E-state index in [1.165, 1.54) is 12.8 Å². The lowest BCUT2D eigenvalue weighted by Crippen LogP contribution is -2.44. The van der Waals surface area contributed by atoms with Gasteiger partial charge in [0.1, 0.15) is 16.7 Å². The largest absolute Gasteiger partial charge is 0.483 e. The third-order valence-corrected chi connectivity index (χ3v) is 3.79. The number of nitrogens with one attached hydrogen (secondary N) is 1. The van der Waals surface area contributed by atoms with Crippen molar-refractivity contribution in [2.45, 2.75) is 32.2 Å². The van der Waals surface area contributed by atoms with Crippen molar-refractivity contribution in [3.63, 3.8) is 0 Å². The zero-order chi connectivity index (χ0) is 16.4. The number of carboxylic acid groups (broad SMARTS) is 1. The molecule has 1 unspecified atom stereocenters. The van der Waals surface area contributed by atoms with Crippen molar-refractivity contribution in [2.24, 2.45) is 0 Å². The highest BCUT2D eigenvalue weighted by Crippen LogP contribution is 2.18. The zero-order valence-electron chi connectivity index (χ0n) is 12.7. The van der Waals surface area contributed by atoms with Crippen LogP contribution in [0.2, 0.25) is 5.02 Å². The highest BCUT2D eigenvalue weighted by atomic mass is 35.5. The van der Waals surface area contributed by atoms with Crippen molar-refractivity contribution in [3.8, 4) is 0 Å². The molecule has 0 spiro atoms. The van der Waals surface area contributed by atoms with Gasteiger partial charge in [-0.05, 0) is 26.3 Å².